The molecule has 2 aliphatic heterocycles. The fraction of sp³-hybridized carbons (Fsp3) is 0.421. The van der Waals surface area contributed by atoms with Gasteiger partial charge in [0.15, 0.2) is 11.6 Å². The molecule has 2 fully saturated rings. The number of fused-ring (bicyclic) bond motifs is 2. The van der Waals surface area contributed by atoms with Crippen LogP contribution in [0.5, 0.6) is 6.01 Å². The highest BCUT2D eigenvalue weighted by molar-refractivity contribution is 6.36. The zero-order chi connectivity index (χ0) is 37.2. The molecule has 11 nitrogen and oxygen atoms in total. The molecule has 2 saturated heterocycles. The van der Waals surface area contributed by atoms with Gasteiger partial charge in [-0.25, -0.2) is 8.78 Å². The largest absolute Gasteiger partial charge is 0.467 e. The predicted octanol–water partition coefficient (Wildman–Crippen LogP) is 7.17. The molecule has 0 radical (unpaired) electrons. The molecule has 0 spiro atoms. The Morgan fingerprint density at radius 1 is 1.19 bits per heavy atom. The monoisotopic (exact) mass is 732 g/mol. The van der Waals surface area contributed by atoms with Crippen molar-refractivity contribution in [1.29, 1.82) is 0 Å². The van der Waals surface area contributed by atoms with Crippen LogP contribution < -0.4 is 15.0 Å². The molecule has 3 unspecified atom stereocenters. The minimum atomic E-state index is -0.603. The maximum Gasteiger partial charge on any atom is 0.318 e. The number of hydrogen-bond acceptors (Lipinski definition) is 10. The van der Waals surface area contributed by atoms with Gasteiger partial charge in [0.25, 0.3) is 5.89 Å². The first-order chi connectivity index (χ1) is 24.9. The van der Waals surface area contributed by atoms with Gasteiger partial charge >= 0.3 is 6.01 Å². The number of anilines is 1. The van der Waals surface area contributed by atoms with Crippen molar-refractivity contribution >= 4 is 51.1 Å². The number of nitrogens with zero attached hydrogens (tertiary/aromatic N) is 7. The molecule has 3 aromatic heterocycles. The van der Waals surface area contributed by atoms with E-state index in [1.54, 1.807) is 23.2 Å². The summed E-state index contributed by atoms with van der Waals surface area (Å²) in [5.41, 5.74) is 0.513. The molecule has 3 atom stereocenters. The van der Waals surface area contributed by atoms with Crippen LogP contribution in [0, 0.1) is 5.82 Å². The van der Waals surface area contributed by atoms with Crippen molar-refractivity contribution < 1.29 is 22.8 Å². The van der Waals surface area contributed by atoms with E-state index in [-0.39, 0.29) is 40.5 Å². The number of carbonyl (C=O) groups excluding carboxylic acids is 1. The molecule has 0 bridgehead atoms. The third-order valence-electron chi connectivity index (χ3n) is 9.43. The number of halogens is 3. The number of alkyl halides is 1. The fourth-order valence-corrected chi connectivity index (χ4v) is 6.71. The topological polar surface area (TPSA) is 122 Å². The summed E-state index contributed by atoms with van der Waals surface area (Å²) in [6, 6.07) is 11.5. The lowest BCUT2D eigenvalue weighted by molar-refractivity contribution is -0.124. The molecule has 0 aliphatic carbocycles. The van der Waals surface area contributed by atoms with Gasteiger partial charge in [-0.1, -0.05) is 74.8 Å². The summed E-state index contributed by atoms with van der Waals surface area (Å²) in [6.45, 7) is 9.57. The molecular formula is C38H43ClF2N8O3. The molecular weight excluding hydrogens is 690 g/mol. The second kappa shape index (κ2) is 15.5. The second-order valence-electron chi connectivity index (χ2n) is 14.1. The number of carbonyl (C=O) groups is 1. The number of hydrogen-bond donors (Lipinski definition) is 1. The quantitative estimate of drug-likeness (QED) is 0.172. The number of likely N-dealkylation sites (tertiary alicyclic amines) is 1. The Kier molecular flexibility index (Phi) is 11.0. The normalized spacial score (nSPS) is 19.0. The highest BCUT2D eigenvalue weighted by atomic mass is 35.5. The van der Waals surface area contributed by atoms with Gasteiger partial charge in [-0.2, -0.15) is 15.0 Å². The van der Waals surface area contributed by atoms with Crippen LogP contribution in [0.4, 0.5) is 14.6 Å². The Morgan fingerprint density at radius 2 is 1.96 bits per heavy atom. The van der Waals surface area contributed by atoms with Gasteiger partial charge in [-0.3, -0.25) is 9.78 Å². The van der Waals surface area contributed by atoms with Crippen molar-refractivity contribution in [2.45, 2.75) is 70.6 Å². The number of amides is 1. The average molecular weight is 733 g/mol. The van der Waals surface area contributed by atoms with Crippen molar-refractivity contribution in [3.8, 4) is 17.3 Å². The summed E-state index contributed by atoms with van der Waals surface area (Å²) in [5.74, 6) is 0.521. The van der Waals surface area contributed by atoms with E-state index in [9.17, 15) is 9.18 Å². The highest BCUT2D eigenvalue weighted by Gasteiger charge is 2.31. The van der Waals surface area contributed by atoms with E-state index in [0.717, 1.165) is 18.2 Å². The van der Waals surface area contributed by atoms with Crippen LogP contribution >= 0.6 is 11.6 Å². The van der Waals surface area contributed by atoms with E-state index in [2.05, 4.69) is 37.3 Å². The number of likely N-dealkylation sites (N-methyl/N-ethyl adjacent to an activating group) is 1. The lowest BCUT2D eigenvalue weighted by atomic mass is 9.96. The first kappa shape index (κ1) is 37.0. The van der Waals surface area contributed by atoms with E-state index in [1.165, 1.54) is 19.3 Å². The number of rotatable bonds is 7. The van der Waals surface area contributed by atoms with Crippen LogP contribution in [0.1, 0.15) is 58.7 Å². The fourth-order valence-electron chi connectivity index (χ4n) is 6.43. The van der Waals surface area contributed by atoms with Crippen LogP contribution in [0.3, 0.4) is 0 Å². The Morgan fingerprint density at radius 3 is 2.62 bits per heavy atom. The first-order valence-corrected chi connectivity index (χ1v) is 17.7. The molecule has 1 amide bonds. The zero-order valence-corrected chi connectivity index (χ0v) is 30.9. The van der Waals surface area contributed by atoms with E-state index in [1.807, 2.05) is 57.0 Å². The lowest BCUT2D eigenvalue weighted by Gasteiger charge is -2.27. The Balaban J connectivity index is 0.000000514. The van der Waals surface area contributed by atoms with Gasteiger partial charge in [0.2, 0.25) is 5.91 Å². The molecule has 5 aromatic rings. The van der Waals surface area contributed by atoms with Crippen molar-refractivity contribution in [3.05, 3.63) is 71.2 Å². The van der Waals surface area contributed by atoms with Gasteiger partial charge in [0, 0.05) is 78.5 Å². The summed E-state index contributed by atoms with van der Waals surface area (Å²) < 4.78 is 39.2. The molecule has 274 valence electrons. The van der Waals surface area contributed by atoms with Crippen LogP contribution in [-0.4, -0.2) is 87.9 Å². The summed E-state index contributed by atoms with van der Waals surface area (Å²) in [7, 11) is 3.30. The van der Waals surface area contributed by atoms with Crippen molar-refractivity contribution in [3.63, 3.8) is 0 Å². The molecule has 1 N–H and O–H groups in total. The smallest absolute Gasteiger partial charge is 0.318 e. The zero-order valence-electron chi connectivity index (χ0n) is 30.2. The average Bonchev–Trinajstić information content (AvgIpc) is 3.92. The number of ether oxygens (including phenoxy) is 1. The molecule has 52 heavy (non-hydrogen) atoms. The molecule has 5 heterocycles. The minimum absolute atomic E-state index is 0.0226. The maximum atomic E-state index is 16.3. The maximum absolute atomic E-state index is 16.3. The Labute approximate surface area is 306 Å². The Hall–Kier alpha value is -4.75. The van der Waals surface area contributed by atoms with Gasteiger partial charge < -0.3 is 24.4 Å². The van der Waals surface area contributed by atoms with E-state index in [0.29, 0.717) is 65.1 Å². The summed E-state index contributed by atoms with van der Waals surface area (Å²) in [5, 5.41) is 9.58. The molecule has 7 rings (SSSR count). The molecule has 0 saturated carbocycles. The lowest BCUT2D eigenvalue weighted by Crippen LogP contribution is -2.36. The van der Waals surface area contributed by atoms with Crippen molar-refractivity contribution in [2.75, 3.05) is 38.7 Å². The third kappa shape index (κ3) is 7.85. The number of nitrogens with one attached hydrogen (secondary N) is 1. The van der Waals surface area contributed by atoms with Crippen LogP contribution in [0.2, 0.25) is 5.02 Å². The first-order valence-electron chi connectivity index (χ1n) is 17.4. The number of methoxy groups -OCH3 is 1. The van der Waals surface area contributed by atoms with E-state index in [4.69, 9.17) is 20.9 Å². The van der Waals surface area contributed by atoms with Crippen LogP contribution in [-0.2, 0) is 10.2 Å². The molecule has 2 aromatic carbocycles. The van der Waals surface area contributed by atoms with Gasteiger partial charge in [-0.05, 0) is 30.7 Å². The van der Waals surface area contributed by atoms with Gasteiger partial charge in [-0.15, -0.1) is 0 Å². The number of benzene rings is 2. The van der Waals surface area contributed by atoms with Gasteiger partial charge in [0.05, 0.1) is 12.5 Å². The van der Waals surface area contributed by atoms with Gasteiger partial charge in [0.1, 0.15) is 23.2 Å². The van der Waals surface area contributed by atoms with Crippen molar-refractivity contribution in [1.82, 2.24) is 35.3 Å². The highest BCUT2D eigenvalue weighted by Crippen LogP contribution is 2.37. The second-order valence-corrected chi connectivity index (χ2v) is 14.5. The third-order valence-corrected chi connectivity index (χ3v) is 9.75. The van der Waals surface area contributed by atoms with E-state index >= 15 is 4.39 Å². The summed E-state index contributed by atoms with van der Waals surface area (Å²) in [6.07, 6.45) is 6.41. The summed E-state index contributed by atoms with van der Waals surface area (Å²) in [4.78, 5) is 34.5. The molecule has 2 aliphatic rings. The molecule has 14 heteroatoms. The SMILES string of the molecule is CCC1CC(F)CN1.COc1nc(N(C)C2CCN(C(=O)/C=C/c3nc(C(C)(C)C)no3)C2)c2cnc(-c3cccc4cccc(Cl)c34)c(F)c2n1. The van der Waals surface area contributed by atoms with Crippen molar-refractivity contribution in [2.24, 2.45) is 0 Å². The standard InChI is InChI=1S/C32H31ClFN7O3.C6H12FN/c1-32(2,3)30-36-23(44-39-30)12-13-24(42)41-15-14-19(17-41)40(4)29-21-16-35-27(26(34)28(21)37-31(38-29)43-5)20-10-6-8-18-9-7-11-22(33)25(18)20;1-2-6-3-5(7)4-8-6/h6-13,16,19H,14-15,17H2,1-5H3;5-6,8H,2-4H2,1H3/b13-12+;. The predicted molar refractivity (Wildman–Crippen MR) is 199 cm³/mol. The van der Waals surface area contributed by atoms with Crippen LogP contribution in [0.15, 0.2) is 53.2 Å². The minimum Gasteiger partial charge on any atom is -0.467 e. The Bertz CT molecular complexity index is 2100. The van der Waals surface area contributed by atoms with E-state index < -0.39 is 12.0 Å². The summed E-state index contributed by atoms with van der Waals surface area (Å²) >= 11 is 6.53. The number of aromatic nitrogens is 5. The number of pyridine rings is 1. The van der Waals surface area contributed by atoms with Crippen LogP contribution in [0.25, 0.3) is 39.0 Å².